The minimum Gasteiger partial charge on any atom is -0.394 e. The number of aliphatic hydroxyl groups excluding tert-OH is 1. The number of para-hydroxylation sites is 1. The Labute approximate surface area is 170 Å². The number of carbonyl (C=O) groups is 2. The molecular formula is C23H27N3O3. The largest absolute Gasteiger partial charge is 0.394 e. The van der Waals surface area contributed by atoms with Gasteiger partial charge in [0.05, 0.1) is 25.1 Å². The van der Waals surface area contributed by atoms with Crippen LogP contribution in [0.25, 0.3) is 10.9 Å². The molecule has 2 aromatic carbocycles. The molecule has 0 aliphatic heterocycles. The van der Waals surface area contributed by atoms with Crippen LogP contribution in [-0.4, -0.2) is 40.7 Å². The summed E-state index contributed by atoms with van der Waals surface area (Å²) in [7, 11) is 0. The third kappa shape index (κ3) is 5.68. The molecular weight excluding hydrogens is 366 g/mol. The molecule has 0 aliphatic rings. The van der Waals surface area contributed by atoms with Crippen LogP contribution in [0.1, 0.15) is 12.5 Å². The molecule has 2 amide bonds. The normalized spacial score (nSPS) is 13.0. The number of carbonyl (C=O) groups excluding carboxylic acids is 2. The van der Waals surface area contributed by atoms with Crippen molar-refractivity contribution in [3.8, 4) is 0 Å². The number of nitrogens with zero attached hydrogens (tertiary/aromatic N) is 1. The van der Waals surface area contributed by atoms with Crippen molar-refractivity contribution in [3.63, 3.8) is 0 Å². The zero-order valence-corrected chi connectivity index (χ0v) is 16.5. The fourth-order valence-electron chi connectivity index (χ4n) is 3.36. The van der Waals surface area contributed by atoms with E-state index >= 15 is 0 Å². The minimum atomic E-state index is -0.384. The van der Waals surface area contributed by atoms with Crippen molar-refractivity contribution in [2.24, 2.45) is 5.92 Å². The molecule has 0 bridgehead atoms. The molecule has 0 fully saturated rings. The zero-order valence-electron chi connectivity index (χ0n) is 16.5. The van der Waals surface area contributed by atoms with Crippen molar-refractivity contribution < 1.29 is 14.7 Å². The average Bonchev–Trinajstić information content (AvgIpc) is 3.15. The standard InChI is InChI=1S/C23H27N3O3/c1-17(15-26-12-11-19-9-5-6-10-21(19)26)23(29)24-14-22(28)25-20(16-27)13-18-7-3-2-4-8-18/h2-12,17,20,27H,13-16H2,1H3,(H,24,29)(H,25,28). The average molecular weight is 393 g/mol. The van der Waals surface area contributed by atoms with Crippen molar-refractivity contribution in [1.29, 1.82) is 0 Å². The highest BCUT2D eigenvalue weighted by Gasteiger charge is 2.17. The summed E-state index contributed by atoms with van der Waals surface area (Å²) in [4.78, 5) is 24.6. The molecule has 3 N–H and O–H groups in total. The number of hydrogen-bond donors (Lipinski definition) is 3. The number of aliphatic hydroxyl groups is 1. The van der Waals surface area contributed by atoms with E-state index in [1.807, 2.05) is 78.4 Å². The van der Waals surface area contributed by atoms with Gasteiger partial charge in [-0.1, -0.05) is 55.5 Å². The predicted octanol–water partition coefficient (Wildman–Crippen LogP) is 2.11. The Hall–Kier alpha value is -3.12. The van der Waals surface area contributed by atoms with Gasteiger partial charge in [0.2, 0.25) is 11.8 Å². The van der Waals surface area contributed by atoms with Crippen LogP contribution in [0.2, 0.25) is 0 Å². The summed E-state index contributed by atoms with van der Waals surface area (Å²) in [5.74, 6) is -0.773. The number of rotatable bonds is 9. The maximum absolute atomic E-state index is 12.4. The topological polar surface area (TPSA) is 83.4 Å². The first-order valence-corrected chi connectivity index (χ1v) is 9.82. The van der Waals surface area contributed by atoms with Crippen LogP contribution < -0.4 is 10.6 Å². The molecule has 0 spiro atoms. The predicted molar refractivity (Wildman–Crippen MR) is 113 cm³/mol. The first-order valence-electron chi connectivity index (χ1n) is 9.82. The Kier molecular flexibility index (Phi) is 7.03. The van der Waals surface area contributed by atoms with Crippen LogP contribution in [0.3, 0.4) is 0 Å². The molecule has 0 aliphatic carbocycles. The minimum absolute atomic E-state index is 0.110. The van der Waals surface area contributed by atoms with E-state index in [0.717, 1.165) is 16.5 Å². The van der Waals surface area contributed by atoms with Crippen LogP contribution in [0.5, 0.6) is 0 Å². The van der Waals surface area contributed by atoms with Gasteiger partial charge < -0.3 is 20.3 Å². The molecule has 29 heavy (non-hydrogen) atoms. The van der Waals surface area contributed by atoms with Gasteiger partial charge in [-0.3, -0.25) is 9.59 Å². The van der Waals surface area contributed by atoms with E-state index in [-0.39, 0.29) is 36.9 Å². The third-order valence-corrected chi connectivity index (χ3v) is 4.93. The molecule has 1 heterocycles. The molecule has 6 heteroatoms. The molecule has 6 nitrogen and oxygen atoms in total. The van der Waals surface area contributed by atoms with E-state index < -0.39 is 0 Å². The van der Waals surface area contributed by atoms with Gasteiger partial charge >= 0.3 is 0 Å². The lowest BCUT2D eigenvalue weighted by molar-refractivity contribution is -0.128. The van der Waals surface area contributed by atoms with Crippen LogP contribution in [-0.2, 0) is 22.6 Å². The van der Waals surface area contributed by atoms with E-state index in [2.05, 4.69) is 10.6 Å². The highest BCUT2D eigenvalue weighted by atomic mass is 16.3. The van der Waals surface area contributed by atoms with Gasteiger partial charge in [0, 0.05) is 18.3 Å². The van der Waals surface area contributed by atoms with Gasteiger partial charge in [-0.2, -0.15) is 0 Å². The van der Waals surface area contributed by atoms with Crippen LogP contribution >= 0.6 is 0 Å². The van der Waals surface area contributed by atoms with Gasteiger partial charge in [-0.05, 0) is 29.5 Å². The summed E-state index contributed by atoms with van der Waals surface area (Å²) < 4.78 is 2.04. The second kappa shape index (κ2) is 9.89. The summed E-state index contributed by atoms with van der Waals surface area (Å²) >= 11 is 0. The van der Waals surface area contributed by atoms with Gasteiger partial charge in [-0.25, -0.2) is 0 Å². The zero-order chi connectivity index (χ0) is 20.6. The highest BCUT2D eigenvalue weighted by molar-refractivity contribution is 5.86. The summed E-state index contributed by atoms with van der Waals surface area (Å²) in [6, 6.07) is 19.3. The van der Waals surface area contributed by atoms with Crippen LogP contribution in [0.15, 0.2) is 66.9 Å². The van der Waals surface area contributed by atoms with E-state index in [1.54, 1.807) is 0 Å². The number of fused-ring (bicyclic) bond motifs is 1. The molecule has 0 saturated heterocycles. The fraction of sp³-hybridized carbons (Fsp3) is 0.304. The number of nitrogens with one attached hydrogen (secondary N) is 2. The van der Waals surface area contributed by atoms with Gasteiger partial charge in [0.15, 0.2) is 0 Å². The number of aromatic nitrogens is 1. The molecule has 3 aromatic rings. The fourth-order valence-corrected chi connectivity index (χ4v) is 3.36. The van der Waals surface area contributed by atoms with Crippen molar-refractivity contribution in [3.05, 3.63) is 72.4 Å². The first kappa shape index (κ1) is 20.6. The Morgan fingerprint density at radius 3 is 2.52 bits per heavy atom. The highest BCUT2D eigenvalue weighted by Crippen LogP contribution is 2.16. The molecule has 1 aromatic heterocycles. The molecule has 0 saturated carbocycles. The smallest absolute Gasteiger partial charge is 0.239 e. The molecule has 0 radical (unpaired) electrons. The van der Waals surface area contributed by atoms with E-state index in [9.17, 15) is 14.7 Å². The molecule has 2 unspecified atom stereocenters. The summed E-state index contributed by atoms with van der Waals surface area (Å²) in [6.45, 7) is 2.11. The van der Waals surface area contributed by atoms with Gasteiger partial charge in [-0.15, -0.1) is 0 Å². The van der Waals surface area contributed by atoms with Gasteiger partial charge in [0.25, 0.3) is 0 Å². The Bertz CT molecular complexity index is 952. The number of hydrogen-bond acceptors (Lipinski definition) is 3. The van der Waals surface area contributed by atoms with Crippen molar-refractivity contribution in [1.82, 2.24) is 15.2 Å². The Morgan fingerprint density at radius 1 is 1.03 bits per heavy atom. The van der Waals surface area contributed by atoms with E-state index in [1.165, 1.54) is 0 Å². The second-order valence-corrected chi connectivity index (χ2v) is 7.28. The van der Waals surface area contributed by atoms with E-state index in [4.69, 9.17) is 0 Å². The second-order valence-electron chi connectivity index (χ2n) is 7.28. The molecule has 152 valence electrons. The lowest BCUT2D eigenvalue weighted by Gasteiger charge is -2.18. The van der Waals surface area contributed by atoms with Crippen molar-refractivity contribution in [2.75, 3.05) is 13.2 Å². The summed E-state index contributed by atoms with van der Waals surface area (Å²) in [6.07, 6.45) is 2.50. The van der Waals surface area contributed by atoms with Gasteiger partial charge in [0.1, 0.15) is 0 Å². The van der Waals surface area contributed by atoms with Crippen LogP contribution in [0, 0.1) is 5.92 Å². The molecule has 2 atom stereocenters. The monoisotopic (exact) mass is 393 g/mol. The van der Waals surface area contributed by atoms with E-state index in [0.29, 0.717) is 13.0 Å². The SMILES string of the molecule is CC(Cn1ccc2ccccc21)C(=O)NCC(=O)NC(CO)Cc1ccccc1. The number of amides is 2. The van der Waals surface area contributed by atoms with Crippen LogP contribution in [0.4, 0.5) is 0 Å². The Balaban J connectivity index is 1.47. The third-order valence-electron chi connectivity index (χ3n) is 4.93. The molecule has 3 rings (SSSR count). The summed E-state index contributed by atoms with van der Waals surface area (Å²) in [5, 5.41) is 16.1. The lowest BCUT2D eigenvalue weighted by atomic mass is 10.1. The maximum Gasteiger partial charge on any atom is 0.239 e. The summed E-state index contributed by atoms with van der Waals surface area (Å²) in [5.41, 5.74) is 2.11. The quantitative estimate of drug-likeness (QED) is 0.521. The maximum atomic E-state index is 12.4. The van der Waals surface area contributed by atoms with Crippen molar-refractivity contribution >= 4 is 22.7 Å². The number of benzene rings is 2. The lowest BCUT2D eigenvalue weighted by Crippen LogP contribution is -2.45. The Morgan fingerprint density at radius 2 is 1.76 bits per heavy atom. The van der Waals surface area contributed by atoms with Crippen molar-refractivity contribution in [2.45, 2.75) is 25.9 Å². The first-order chi connectivity index (χ1) is 14.1.